The molecule has 7 heteroatoms. The van der Waals surface area contributed by atoms with Crippen molar-refractivity contribution in [1.29, 1.82) is 0 Å². The van der Waals surface area contributed by atoms with Gasteiger partial charge in [-0.25, -0.2) is 4.98 Å². The minimum absolute atomic E-state index is 0.0213. The lowest BCUT2D eigenvalue weighted by atomic mass is 10.0. The zero-order chi connectivity index (χ0) is 17.3. The van der Waals surface area contributed by atoms with Gasteiger partial charge in [-0.1, -0.05) is 30.3 Å². The van der Waals surface area contributed by atoms with Crippen molar-refractivity contribution < 1.29 is 4.92 Å². The first-order valence-corrected chi connectivity index (χ1v) is 7.47. The van der Waals surface area contributed by atoms with E-state index in [1.165, 1.54) is 10.6 Å². The lowest BCUT2D eigenvalue weighted by Crippen LogP contribution is -2.22. The Morgan fingerprint density at radius 2 is 1.92 bits per heavy atom. The van der Waals surface area contributed by atoms with Gasteiger partial charge in [-0.05, 0) is 37.1 Å². The fraction of sp³-hybridized carbons (Fsp3) is 0.176. The number of pyridine rings is 1. The van der Waals surface area contributed by atoms with Crippen LogP contribution in [0.3, 0.4) is 0 Å². The average Bonchev–Trinajstić information content (AvgIpc) is 2.55. The smallest absolute Gasteiger partial charge is 0.358 e. The van der Waals surface area contributed by atoms with Crippen LogP contribution < -0.4 is 10.9 Å². The van der Waals surface area contributed by atoms with Gasteiger partial charge in [0.25, 0.3) is 0 Å². The van der Waals surface area contributed by atoms with Crippen LogP contribution in [0, 0.1) is 17.0 Å². The summed E-state index contributed by atoms with van der Waals surface area (Å²) in [6.45, 7) is 3.84. The number of hydrogen-bond donors (Lipinski definition) is 1. The summed E-state index contributed by atoms with van der Waals surface area (Å²) >= 11 is 0. The van der Waals surface area contributed by atoms with E-state index in [1.54, 1.807) is 18.2 Å². The zero-order valence-corrected chi connectivity index (χ0v) is 13.3. The molecule has 2 aromatic heterocycles. The molecule has 0 saturated carbocycles. The quantitative estimate of drug-likeness (QED) is 0.588. The van der Waals surface area contributed by atoms with Gasteiger partial charge in [0.2, 0.25) is 5.82 Å². The van der Waals surface area contributed by atoms with E-state index in [2.05, 4.69) is 10.3 Å². The van der Waals surface area contributed by atoms with Crippen LogP contribution in [0.15, 0.2) is 53.5 Å². The normalized spacial score (nSPS) is 12.1. The molecule has 0 aliphatic carbocycles. The molecule has 0 fully saturated rings. The number of nitrogens with zero attached hydrogens (tertiary/aromatic N) is 3. The SMILES string of the molecule is Cc1ccccc1[C@H](C)Nc1nc2ccccn2c(=O)c1[N+](=O)[O-]. The number of benzene rings is 1. The van der Waals surface area contributed by atoms with E-state index in [-0.39, 0.29) is 11.9 Å². The van der Waals surface area contributed by atoms with E-state index in [1.807, 2.05) is 38.1 Å². The molecule has 2 heterocycles. The second kappa shape index (κ2) is 6.11. The first kappa shape index (κ1) is 15.7. The predicted molar refractivity (Wildman–Crippen MR) is 91.3 cm³/mol. The molecule has 7 nitrogen and oxygen atoms in total. The Kier molecular flexibility index (Phi) is 3.99. The number of fused-ring (bicyclic) bond motifs is 1. The summed E-state index contributed by atoms with van der Waals surface area (Å²) in [6, 6.07) is 12.5. The number of aromatic nitrogens is 2. The van der Waals surface area contributed by atoms with Crippen molar-refractivity contribution in [3.8, 4) is 0 Å². The number of aryl methyl sites for hydroxylation is 1. The maximum atomic E-state index is 12.4. The first-order valence-electron chi connectivity index (χ1n) is 7.47. The summed E-state index contributed by atoms with van der Waals surface area (Å²) in [6.07, 6.45) is 1.46. The molecule has 1 aromatic carbocycles. The Labute approximate surface area is 137 Å². The van der Waals surface area contributed by atoms with Crippen LogP contribution in [0.4, 0.5) is 11.5 Å². The fourth-order valence-electron chi connectivity index (χ4n) is 2.70. The number of rotatable bonds is 4. The van der Waals surface area contributed by atoms with E-state index in [4.69, 9.17) is 0 Å². The Balaban J connectivity index is 2.12. The zero-order valence-electron chi connectivity index (χ0n) is 13.3. The summed E-state index contributed by atoms with van der Waals surface area (Å²) in [5, 5.41) is 14.4. The number of nitro groups is 1. The highest BCUT2D eigenvalue weighted by Crippen LogP contribution is 2.25. The average molecular weight is 324 g/mol. The summed E-state index contributed by atoms with van der Waals surface area (Å²) < 4.78 is 1.17. The Hall–Kier alpha value is -3.22. The molecular weight excluding hydrogens is 308 g/mol. The third kappa shape index (κ3) is 2.71. The maximum absolute atomic E-state index is 12.4. The number of nitrogens with one attached hydrogen (secondary N) is 1. The number of hydrogen-bond acceptors (Lipinski definition) is 5. The van der Waals surface area contributed by atoms with Gasteiger partial charge in [0.15, 0.2) is 0 Å². The van der Waals surface area contributed by atoms with E-state index in [0.29, 0.717) is 5.65 Å². The molecule has 0 bridgehead atoms. The van der Waals surface area contributed by atoms with E-state index < -0.39 is 16.2 Å². The Morgan fingerprint density at radius 1 is 1.21 bits per heavy atom. The second-order valence-corrected chi connectivity index (χ2v) is 5.52. The molecule has 24 heavy (non-hydrogen) atoms. The van der Waals surface area contributed by atoms with Crippen molar-refractivity contribution in [2.24, 2.45) is 0 Å². The van der Waals surface area contributed by atoms with Crippen LogP contribution in [-0.4, -0.2) is 14.3 Å². The minimum atomic E-state index is -0.704. The third-order valence-corrected chi connectivity index (χ3v) is 3.90. The molecule has 122 valence electrons. The lowest BCUT2D eigenvalue weighted by Gasteiger charge is -2.17. The molecule has 3 rings (SSSR count). The molecule has 0 amide bonds. The molecule has 3 aromatic rings. The van der Waals surface area contributed by atoms with Crippen molar-refractivity contribution in [2.45, 2.75) is 19.9 Å². The van der Waals surface area contributed by atoms with Crippen LogP contribution in [0.2, 0.25) is 0 Å². The van der Waals surface area contributed by atoms with Gasteiger partial charge in [-0.15, -0.1) is 0 Å². The molecule has 1 N–H and O–H groups in total. The van der Waals surface area contributed by atoms with Crippen LogP contribution in [0.1, 0.15) is 24.1 Å². The fourth-order valence-corrected chi connectivity index (χ4v) is 2.70. The second-order valence-electron chi connectivity index (χ2n) is 5.52. The van der Waals surface area contributed by atoms with Crippen LogP contribution in [0.25, 0.3) is 5.65 Å². The van der Waals surface area contributed by atoms with E-state index in [9.17, 15) is 14.9 Å². The van der Waals surface area contributed by atoms with Crippen LogP contribution in [0.5, 0.6) is 0 Å². The van der Waals surface area contributed by atoms with Gasteiger partial charge in [0.05, 0.1) is 11.0 Å². The third-order valence-electron chi connectivity index (χ3n) is 3.90. The largest absolute Gasteiger partial charge is 0.376 e. The van der Waals surface area contributed by atoms with Crippen LogP contribution in [-0.2, 0) is 0 Å². The molecule has 0 unspecified atom stereocenters. The molecule has 0 spiro atoms. The molecule has 0 saturated heterocycles. The monoisotopic (exact) mass is 324 g/mol. The standard InChI is InChI=1S/C17H16N4O3/c1-11-7-3-4-8-13(11)12(2)18-16-15(21(23)24)17(22)20-10-6-5-9-14(20)19-16/h3-10,12,18H,1-2H3/t12-/m0/s1. The molecule has 0 radical (unpaired) electrons. The summed E-state index contributed by atoms with van der Waals surface area (Å²) in [4.78, 5) is 27.4. The van der Waals surface area contributed by atoms with E-state index >= 15 is 0 Å². The maximum Gasteiger partial charge on any atom is 0.376 e. The number of anilines is 1. The Bertz CT molecular complexity index is 981. The van der Waals surface area contributed by atoms with E-state index in [0.717, 1.165) is 11.1 Å². The van der Waals surface area contributed by atoms with Crippen molar-refractivity contribution >= 4 is 17.2 Å². The van der Waals surface area contributed by atoms with Gasteiger partial charge in [-0.2, -0.15) is 0 Å². The van der Waals surface area contributed by atoms with Gasteiger partial charge >= 0.3 is 11.2 Å². The topological polar surface area (TPSA) is 89.5 Å². The van der Waals surface area contributed by atoms with Gasteiger partial charge in [0.1, 0.15) is 5.65 Å². The predicted octanol–water partition coefficient (Wildman–Crippen LogP) is 3.08. The lowest BCUT2D eigenvalue weighted by molar-refractivity contribution is -0.385. The highest BCUT2D eigenvalue weighted by Gasteiger charge is 2.25. The molecule has 0 aliphatic rings. The van der Waals surface area contributed by atoms with Crippen molar-refractivity contribution in [3.63, 3.8) is 0 Å². The summed E-state index contributed by atoms with van der Waals surface area (Å²) in [5.41, 5.74) is 1.14. The molecule has 1 atom stereocenters. The highest BCUT2D eigenvalue weighted by molar-refractivity contribution is 5.60. The summed E-state index contributed by atoms with van der Waals surface area (Å²) in [7, 11) is 0. The van der Waals surface area contributed by atoms with Crippen molar-refractivity contribution in [1.82, 2.24) is 9.38 Å². The van der Waals surface area contributed by atoms with Gasteiger partial charge in [0, 0.05) is 6.20 Å². The molecular formula is C17H16N4O3. The highest BCUT2D eigenvalue weighted by atomic mass is 16.6. The Morgan fingerprint density at radius 3 is 2.62 bits per heavy atom. The van der Waals surface area contributed by atoms with Gasteiger partial charge in [-0.3, -0.25) is 19.3 Å². The first-order chi connectivity index (χ1) is 11.5. The minimum Gasteiger partial charge on any atom is -0.358 e. The van der Waals surface area contributed by atoms with Crippen molar-refractivity contribution in [2.75, 3.05) is 5.32 Å². The van der Waals surface area contributed by atoms with Gasteiger partial charge < -0.3 is 5.32 Å². The summed E-state index contributed by atoms with van der Waals surface area (Å²) in [5.74, 6) is -0.0213. The van der Waals surface area contributed by atoms with Crippen molar-refractivity contribution in [3.05, 3.63) is 80.3 Å². The molecule has 0 aliphatic heterocycles. The van der Waals surface area contributed by atoms with Crippen LogP contribution >= 0.6 is 0 Å².